The van der Waals surface area contributed by atoms with E-state index in [4.69, 9.17) is 14.2 Å². The third kappa shape index (κ3) is 35.2. The van der Waals surface area contributed by atoms with E-state index in [2.05, 4.69) is 26.0 Å². The van der Waals surface area contributed by atoms with Gasteiger partial charge in [-0.05, 0) is 78.4 Å². The van der Waals surface area contributed by atoms with E-state index < -0.39 is 0 Å². The Morgan fingerprint density at radius 2 is 0.896 bits per heavy atom. The molecule has 0 aromatic rings. The molecule has 0 aliphatic carbocycles. The van der Waals surface area contributed by atoms with Crippen molar-refractivity contribution < 1.29 is 28.6 Å². The zero-order chi connectivity index (χ0) is 35.3. The molecule has 0 aliphatic rings. The number of carbonyl (C=O) groups is 3. The van der Waals surface area contributed by atoms with Crippen molar-refractivity contribution in [3.05, 3.63) is 24.3 Å². The summed E-state index contributed by atoms with van der Waals surface area (Å²) < 4.78 is 16.5. The van der Waals surface area contributed by atoms with Crippen LogP contribution >= 0.6 is 0 Å². The fraction of sp³-hybridized carbons (Fsp3) is 0.829. The predicted molar refractivity (Wildman–Crippen MR) is 200 cm³/mol. The summed E-state index contributed by atoms with van der Waals surface area (Å²) in [5, 5.41) is 0. The van der Waals surface area contributed by atoms with Crippen molar-refractivity contribution in [2.24, 2.45) is 0 Å². The third-order valence-corrected chi connectivity index (χ3v) is 8.56. The van der Waals surface area contributed by atoms with Crippen molar-refractivity contribution in [1.82, 2.24) is 4.90 Å². The van der Waals surface area contributed by atoms with E-state index in [-0.39, 0.29) is 36.9 Å². The molecule has 0 aromatic carbocycles. The lowest BCUT2D eigenvalue weighted by Gasteiger charge is -2.18. The average Bonchev–Trinajstić information content (AvgIpc) is 3.05. The fourth-order valence-electron chi connectivity index (χ4n) is 5.59. The zero-order valence-corrected chi connectivity index (χ0v) is 31.8. The van der Waals surface area contributed by atoms with Gasteiger partial charge in [-0.15, -0.1) is 0 Å². The van der Waals surface area contributed by atoms with E-state index in [1.165, 1.54) is 103 Å². The van der Waals surface area contributed by atoms with E-state index in [1.54, 1.807) is 0 Å². The molecule has 0 atom stereocenters. The van der Waals surface area contributed by atoms with Crippen molar-refractivity contribution in [1.29, 1.82) is 0 Å². The number of esters is 3. The van der Waals surface area contributed by atoms with E-state index >= 15 is 0 Å². The van der Waals surface area contributed by atoms with Crippen LogP contribution in [-0.2, 0) is 28.6 Å². The van der Waals surface area contributed by atoms with Crippen LogP contribution < -0.4 is 0 Å². The second-order valence-electron chi connectivity index (χ2n) is 13.6. The lowest BCUT2D eigenvalue weighted by molar-refractivity contribution is -0.150. The van der Waals surface area contributed by atoms with E-state index in [0.29, 0.717) is 45.3 Å². The van der Waals surface area contributed by atoms with Crippen LogP contribution in [0.4, 0.5) is 0 Å². The number of ether oxygens (including phenoxy) is 3. The Bertz CT molecular complexity index is 757. The summed E-state index contributed by atoms with van der Waals surface area (Å²) in [6.45, 7) is 5.92. The van der Waals surface area contributed by atoms with Crippen molar-refractivity contribution >= 4 is 17.9 Å². The SMILES string of the molecule is CCCCCCCCCCC=CCOC(=O)CCCC(CCCC(=O)OCC=CCCCCCCCCCC)OC(=O)CCCN(C)C. The van der Waals surface area contributed by atoms with E-state index in [1.807, 2.05) is 31.1 Å². The summed E-state index contributed by atoms with van der Waals surface area (Å²) >= 11 is 0. The minimum atomic E-state index is -0.324. The molecule has 7 nitrogen and oxygen atoms in total. The Hall–Kier alpha value is -2.15. The summed E-state index contributed by atoms with van der Waals surface area (Å²) in [6, 6.07) is 0. The monoisotopic (exact) mass is 678 g/mol. The van der Waals surface area contributed by atoms with Gasteiger partial charge < -0.3 is 19.1 Å². The maximum absolute atomic E-state index is 12.5. The van der Waals surface area contributed by atoms with Gasteiger partial charge in [0.15, 0.2) is 0 Å². The fourth-order valence-corrected chi connectivity index (χ4v) is 5.59. The van der Waals surface area contributed by atoms with E-state index in [0.717, 1.165) is 25.8 Å². The van der Waals surface area contributed by atoms with Gasteiger partial charge in [0.05, 0.1) is 0 Å². The maximum Gasteiger partial charge on any atom is 0.306 e. The Morgan fingerprint density at radius 1 is 0.500 bits per heavy atom. The molecule has 0 aliphatic heterocycles. The summed E-state index contributed by atoms with van der Waals surface area (Å²) in [4.78, 5) is 39.0. The van der Waals surface area contributed by atoms with Gasteiger partial charge in [-0.2, -0.15) is 0 Å². The lowest BCUT2D eigenvalue weighted by atomic mass is 10.1. The number of unbranched alkanes of at least 4 members (excludes halogenated alkanes) is 16. The first kappa shape index (κ1) is 45.9. The highest BCUT2D eigenvalue weighted by atomic mass is 16.5. The molecular formula is C41H75NO6. The van der Waals surface area contributed by atoms with Crippen LogP contribution in [0, 0.1) is 0 Å². The normalized spacial score (nSPS) is 12.3. The highest BCUT2D eigenvalue weighted by Gasteiger charge is 2.16. The molecule has 0 saturated carbocycles. The number of allylic oxidation sites excluding steroid dienone is 2. The number of carbonyl (C=O) groups excluding carboxylic acids is 3. The van der Waals surface area contributed by atoms with Crippen LogP contribution in [0.3, 0.4) is 0 Å². The molecule has 48 heavy (non-hydrogen) atoms. The topological polar surface area (TPSA) is 82.1 Å². The van der Waals surface area contributed by atoms with Crippen molar-refractivity contribution in [3.63, 3.8) is 0 Å². The van der Waals surface area contributed by atoms with Gasteiger partial charge in [-0.3, -0.25) is 14.4 Å². The Kier molecular flexibility index (Phi) is 34.5. The second kappa shape index (κ2) is 36.1. The first-order chi connectivity index (χ1) is 23.4. The Balaban J connectivity index is 4.23. The molecule has 0 rings (SSSR count). The molecule has 0 fully saturated rings. The average molecular weight is 678 g/mol. The lowest BCUT2D eigenvalue weighted by Crippen LogP contribution is -2.21. The van der Waals surface area contributed by atoms with Crippen molar-refractivity contribution in [2.45, 2.75) is 187 Å². The number of nitrogens with zero attached hydrogens (tertiary/aromatic N) is 1. The molecule has 0 N–H and O–H groups in total. The van der Waals surface area contributed by atoms with Gasteiger partial charge >= 0.3 is 17.9 Å². The van der Waals surface area contributed by atoms with Gasteiger partial charge in [0, 0.05) is 19.3 Å². The van der Waals surface area contributed by atoms with Crippen LogP contribution in [-0.4, -0.2) is 62.8 Å². The van der Waals surface area contributed by atoms with Crippen molar-refractivity contribution in [2.75, 3.05) is 33.9 Å². The first-order valence-electron chi connectivity index (χ1n) is 19.8. The van der Waals surface area contributed by atoms with Crippen LogP contribution in [0.25, 0.3) is 0 Å². The molecule has 0 radical (unpaired) electrons. The molecule has 0 amide bonds. The van der Waals surface area contributed by atoms with Crippen LogP contribution in [0.2, 0.25) is 0 Å². The zero-order valence-electron chi connectivity index (χ0n) is 31.8. The largest absolute Gasteiger partial charge is 0.462 e. The molecule has 0 heterocycles. The number of hydrogen-bond acceptors (Lipinski definition) is 7. The molecule has 0 aromatic heterocycles. The molecule has 0 spiro atoms. The number of hydrogen-bond donors (Lipinski definition) is 0. The Labute approximate surface area is 296 Å². The van der Waals surface area contributed by atoms with Gasteiger partial charge in [-0.25, -0.2) is 0 Å². The third-order valence-electron chi connectivity index (χ3n) is 8.56. The van der Waals surface area contributed by atoms with Crippen LogP contribution in [0.1, 0.15) is 181 Å². The van der Waals surface area contributed by atoms with Gasteiger partial charge in [0.2, 0.25) is 0 Å². The minimum Gasteiger partial charge on any atom is -0.462 e. The quantitative estimate of drug-likeness (QED) is 0.0286. The van der Waals surface area contributed by atoms with Crippen LogP contribution in [0.15, 0.2) is 24.3 Å². The first-order valence-corrected chi connectivity index (χ1v) is 19.8. The highest BCUT2D eigenvalue weighted by molar-refractivity contribution is 5.70. The molecule has 7 heteroatoms. The molecular weight excluding hydrogens is 602 g/mol. The standard InChI is InChI=1S/C41H75NO6/c1-5-7-9-11-13-15-17-19-21-23-25-36-46-39(43)32-27-30-38(48-41(45)34-29-35-42(3)4)31-28-33-40(44)47-37-26-24-22-20-18-16-14-12-10-8-6-2/h23-26,38H,5-22,27-37H2,1-4H3. The Morgan fingerprint density at radius 3 is 1.31 bits per heavy atom. The number of rotatable bonds is 35. The maximum atomic E-state index is 12.5. The predicted octanol–water partition coefficient (Wildman–Crippen LogP) is 10.8. The van der Waals surface area contributed by atoms with Gasteiger partial charge in [0.25, 0.3) is 0 Å². The summed E-state index contributed by atoms with van der Waals surface area (Å²) in [7, 11) is 3.96. The smallest absolute Gasteiger partial charge is 0.306 e. The summed E-state index contributed by atoms with van der Waals surface area (Å²) in [6.07, 6.45) is 34.6. The molecule has 0 unspecified atom stereocenters. The second-order valence-corrected chi connectivity index (χ2v) is 13.6. The summed E-state index contributed by atoms with van der Waals surface area (Å²) in [5.74, 6) is -0.695. The minimum absolute atomic E-state index is 0.227. The van der Waals surface area contributed by atoms with Crippen molar-refractivity contribution in [3.8, 4) is 0 Å². The molecule has 280 valence electrons. The molecule has 0 bridgehead atoms. The summed E-state index contributed by atoms with van der Waals surface area (Å²) in [5.41, 5.74) is 0. The van der Waals surface area contributed by atoms with E-state index in [9.17, 15) is 14.4 Å². The molecule has 0 saturated heterocycles. The van der Waals surface area contributed by atoms with Crippen LogP contribution in [0.5, 0.6) is 0 Å². The van der Waals surface area contributed by atoms with Gasteiger partial charge in [0.1, 0.15) is 19.3 Å². The van der Waals surface area contributed by atoms with Gasteiger partial charge in [-0.1, -0.05) is 128 Å². The highest BCUT2D eigenvalue weighted by Crippen LogP contribution is 2.16.